The summed E-state index contributed by atoms with van der Waals surface area (Å²) in [5.41, 5.74) is 3.09. The number of hydrogen-bond donors (Lipinski definition) is 1. The van der Waals surface area contributed by atoms with Gasteiger partial charge in [0.1, 0.15) is 18.1 Å². The second-order valence-corrected chi connectivity index (χ2v) is 7.32. The van der Waals surface area contributed by atoms with Crippen LogP contribution in [0.2, 0.25) is 0 Å². The van der Waals surface area contributed by atoms with Crippen molar-refractivity contribution < 1.29 is 14.3 Å². The maximum absolute atomic E-state index is 12.2. The molecule has 4 rings (SSSR count). The van der Waals surface area contributed by atoms with E-state index in [0.29, 0.717) is 12.4 Å². The SMILES string of the molecule is O=C(COc1ccc(OCc2ccccc2)cc1)Nc1ccc(N2CCCC2)cc1. The number of nitrogens with one attached hydrogen (secondary N) is 1. The number of ether oxygens (including phenoxy) is 2. The number of rotatable bonds is 8. The van der Waals surface area contributed by atoms with Crippen LogP contribution in [0, 0.1) is 0 Å². The first kappa shape index (κ1) is 19.8. The van der Waals surface area contributed by atoms with Crippen LogP contribution in [0.25, 0.3) is 0 Å². The molecule has 1 heterocycles. The zero-order chi connectivity index (χ0) is 20.6. The number of carbonyl (C=O) groups excluding carboxylic acids is 1. The topological polar surface area (TPSA) is 50.8 Å². The number of hydrogen-bond acceptors (Lipinski definition) is 4. The highest BCUT2D eigenvalue weighted by Gasteiger charge is 2.12. The summed E-state index contributed by atoms with van der Waals surface area (Å²) >= 11 is 0. The van der Waals surface area contributed by atoms with Crippen LogP contribution in [0.5, 0.6) is 11.5 Å². The van der Waals surface area contributed by atoms with E-state index in [0.717, 1.165) is 30.1 Å². The molecule has 0 atom stereocenters. The zero-order valence-corrected chi connectivity index (χ0v) is 16.9. The van der Waals surface area contributed by atoms with E-state index in [2.05, 4.69) is 22.3 Å². The fraction of sp³-hybridized carbons (Fsp3) is 0.240. The number of carbonyl (C=O) groups is 1. The van der Waals surface area contributed by atoms with Gasteiger partial charge in [0.05, 0.1) is 0 Å². The number of amides is 1. The third kappa shape index (κ3) is 5.54. The van der Waals surface area contributed by atoms with Crippen molar-refractivity contribution in [2.75, 3.05) is 29.9 Å². The molecule has 154 valence electrons. The van der Waals surface area contributed by atoms with Crippen LogP contribution in [0.1, 0.15) is 18.4 Å². The van der Waals surface area contributed by atoms with Crippen molar-refractivity contribution >= 4 is 17.3 Å². The standard InChI is InChI=1S/C25H26N2O3/c28-25(26-21-8-10-22(11-9-21)27-16-4-5-17-27)19-30-24-14-12-23(13-15-24)29-18-20-6-2-1-3-7-20/h1-3,6-15H,4-5,16-19H2,(H,26,28). The molecule has 0 radical (unpaired) electrons. The van der Waals surface area contributed by atoms with Crippen molar-refractivity contribution in [2.45, 2.75) is 19.4 Å². The molecular weight excluding hydrogens is 376 g/mol. The Kier molecular flexibility index (Phi) is 6.50. The molecule has 1 fully saturated rings. The summed E-state index contributed by atoms with van der Waals surface area (Å²) in [4.78, 5) is 14.5. The highest BCUT2D eigenvalue weighted by Crippen LogP contribution is 2.22. The van der Waals surface area contributed by atoms with Crippen LogP contribution >= 0.6 is 0 Å². The molecule has 1 saturated heterocycles. The molecule has 3 aromatic carbocycles. The first-order chi connectivity index (χ1) is 14.8. The van der Waals surface area contributed by atoms with Gasteiger partial charge in [-0.25, -0.2) is 0 Å². The van der Waals surface area contributed by atoms with Gasteiger partial charge in [-0.3, -0.25) is 4.79 Å². The Hall–Kier alpha value is -3.47. The van der Waals surface area contributed by atoms with E-state index in [4.69, 9.17) is 9.47 Å². The summed E-state index contributed by atoms with van der Waals surface area (Å²) in [5.74, 6) is 1.20. The first-order valence-corrected chi connectivity index (χ1v) is 10.3. The predicted molar refractivity (Wildman–Crippen MR) is 119 cm³/mol. The molecule has 0 aliphatic carbocycles. The Labute approximate surface area is 177 Å². The lowest BCUT2D eigenvalue weighted by Gasteiger charge is -2.17. The Balaban J connectivity index is 1.21. The molecule has 1 N–H and O–H groups in total. The summed E-state index contributed by atoms with van der Waals surface area (Å²) in [6.07, 6.45) is 2.49. The number of benzene rings is 3. The van der Waals surface area contributed by atoms with Gasteiger partial charge in [0.25, 0.3) is 5.91 Å². The van der Waals surface area contributed by atoms with Gasteiger partial charge in [-0.1, -0.05) is 30.3 Å². The van der Waals surface area contributed by atoms with E-state index in [-0.39, 0.29) is 12.5 Å². The molecule has 0 bridgehead atoms. The van der Waals surface area contributed by atoms with E-state index in [1.807, 2.05) is 54.6 Å². The van der Waals surface area contributed by atoms with Crippen molar-refractivity contribution in [3.05, 3.63) is 84.4 Å². The van der Waals surface area contributed by atoms with Crippen molar-refractivity contribution in [3.63, 3.8) is 0 Å². The normalized spacial score (nSPS) is 13.1. The lowest BCUT2D eigenvalue weighted by Crippen LogP contribution is -2.20. The largest absolute Gasteiger partial charge is 0.489 e. The van der Waals surface area contributed by atoms with Gasteiger partial charge < -0.3 is 19.7 Å². The van der Waals surface area contributed by atoms with Crippen molar-refractivity contribution in [2.24, 2.45) is 0 Å². The molecule has 5 nitrogen and oxygen atoms in total. The minimum Gasteiger partial charge on any atom is -0.489 e. The Morgan fingerprint density at radius 2 is 1.43 bits per heavy atom. The Bertz CT molecular complexity index is 934. The fourth-order valence-electron chi connectivity index (χ4n) is 3.45. The van der Waals surface area contributed by atoms with Gasteiger partial charge >= 0.3 is 0 Å². The van der Waals surface area contributed by atoms with Gasteiger partial charge in [0, 0.05) is 24.5 Å². The summed E-state index contributed by atoms with van der Waals surface area (Å²) < 4.78 is 11.3. The van der Waals surface area contributed by atoms with E-state index in [1.54, 1.807) is 12.1 Å². The third-order valence-electron chi connectivity index (χ3n) is 5.06. The van der Waals surface area contributed by atoms with E-state index < -0.39 is 0 Å². The van der Waals surface area contributed by atoms with Crippen LogP contribution < -0.4 is 19.7 Å². The van der Waals surface area contributed by atoms with Gasteiger partial charge in [-0.15, -0.1) is 0 Å². The molecule has 5 heteroatoms. The Morgan fingerprint density at radius 3 is 2.10 bits per heavy atom. The molecule has 0 saturated carbocycles. The predicted octanol–water partition coefficient (Wildman–Crippen LogP) is 4.88. The summed E-state index contributed by atoms with van der Waals surface area (Å²) in [6, 6.07) is 25.3. The average molecular weight is 402 g/mol. The minimum absolute atomic E-state index is 0.0436. The van der Waals surface area contributed by atoms with E-state index in [9.17, 15) is 4.79 Å². The zero-order valence-electron chi connectivity index (χ0n) is 16.9. The third-order valence-corrected chi connectivity index (χ3v) is 5.06. The molecule has 0 aromatic heterocycles. The van der Waals surface area contributed by atoms with Gasteiger partial charge in [-0.2, -0.15) is 0 Å². The highest BCUT2D eigenvalue weighted by molar-refractivity contribution is 5.92. The number of nitrogens with zero attached hydrogens (tertiary/aromatic N) is 1. The summed E-state index contributed by atoms with van der Waals surface area (Å²) in [6.45, 7) is 2.68. The van der Waals surface area contributed by atoms with Crippen LogP contribution in [0.15, 0.2) is 78.9 Å². The fourth-order valence-corrected chi connectivity index (χ4v) is 3.45. The number of anilines is 2. The van der Waals surface area contributed by atoms with Gasteiger partial charge in [-0.05, 0) is 66.9 Å². The van der Waals surface area contributed by atoms with Gasteiger partial charge in [0.2, 0.25) is 0 Å². The molecule has 30 heavy (non-hydrogen) atoms. The molecular formula is C25H26N2O3. The quantitative estimate of drug-likeness (QED) is 0.583. The molecule has 3 aromatic rings. The molecule has 1 aliphatic rings. The maximum atomic E-state index is 12.2. The molecule has 0 spiro atoms. The first-order valence-electron chi connectivity index (χ1n) is 10.3. The van der Waals surface area contributed by atoms with Crippen LogP contribution in [0.3, 0.4) is 0 Å². The second-order valence-electron chi connectivity index (χ2n) is 7.32. The molecule has 1 amide bonds. The molecule has 0 unspecified atom stereocenters. The maximum Gasteiger partial charge on any atom is 0.262 e. The molecule has 1 aliphatic heterocycles. The minimum atomic E-state index is -0.187. The van der Waals surface area contributed by atoms with Crippen LogP contribution in [0.4, 0.5) is 11.4 Å². The lowest BCUT2D eigenvalue weighted by atomic mass is 10.2. The monoisotopic (exact) mass is 402 g/mol. The average Bonchev–Trinajstić information content (AvgIpc) is 3.33. The van der Waals surface area contributed by atoms with Crippen molar-refractivity contribution in [1.29, 1.82) is 0 Å². The van der Waals surface area contributed by atoms with Crippen LogP contribution in [-0.4, -0.2) is 25.6 Å². The van der Waals surface area contributed by atoms with Crippen molar-refractivity contribution in [1.82, 2.24) is 0 Å². The van der Waals surface area contributed by atoms with Gasteiger partial charge in [0.15, 0.2) is 6.61 Å². The summed E-state index contributed by atoms with van der Waals surface area (Å²) in [7, 11) is 0. The Morgan fingerprint density at radius 1 is 0.800 bits per heavy atom. The van der Waals surface area contributed by atoms with Crippen LogP contribution in [-0.2, 0) is 11.4 Å². The smallest absolute Gasteiger partial charge is 0.262 e. The highest BCUT2D eigenvalue weighted by atomic mass is 16.5. The lowest BCUT2D eigenvalue weighted by molar-refractivity contribution is -0.118. The second kappa shape index (κ2) is 9.83. The van der Waals surface area contributed by atoms with E-state index >= 15 is 0 Å². The van der Waals surface area contributed by atoms with Crippen molar-refractivity contribution in [3.8, 4) is 11.5 Å². The summed E-state index contributed by atoms with van der Waals surface area (Å²) in [5, 5.41) is 2.87. The van der Waals surface area contributed by atoms with E-state index in [1.165, 1.54) is 18.5 Å².